The summed E-state index contributed by atoms with van der Waals surface area (Å²) in [5.74, 6) is -3.73. The second-order valence-corrected chi connectivity index (χ2v) is 6.69. The van der Waals surface area contributed by atoms with Crippen molar-refractivity contribution in [2.75, 3.05) is 20.3 Å². The third-order valence-corrected chi connectivity index (χ3v) is 3.84. The Morgan fingerprint density at radius 3 is 2.33 bits per heavy atom. The van der Waals surface area contributed by atoms with Gasteiger partial charge in [-0.15, -0.1) is 0 Å². The van der Waals surface area contributed by atoms with Crippen molar-refractivity contribution in [1.82, 2.24) is 5.32 Å². The molecule has 0 spiro atoms. The molecule has 0 bridgehead atoms. The number of nitrogens with one attached hydrogen (secondary N) is 1. The van der Waals surface area contributed by atoms with E-state index in [-0.39, 0.29) is 13.2 Å². The molecule has 0 unspecified atom stereocenters. The SMILES string of the molecule is COC(=O)C(=O)N[C@@H]1COC(C)(C)O[C@H]1[C@@H]1OC(C)(C)O[C@@H]1CO. The fourth-order valence-corrected chi connectivity index (χ4v) is 2.85. The Morgan fingerprint density at radius 1 is 1.12 bits per heavy atom. The molecule has 2 fully saturated rings. The van der Waals surface area contributed by atoms with Gasteiger partial charge in [-0.2, -0.15) is 0 Å². The lowest BCUT2D eigenvalue weighted by atomic mass is 9.99. The van der Waals surface area contributed by atoms with E-state index in [0.29, 0.717) is 0 Å². The van der Waals surface area contributed by atoms with Crippen molar-refractivity contribution in [3.05, 3.63) is 0 Å². The van der Waals surface area contributed by atoms with Crippen LogP contribution >= 0.6 is 0 Å². The van der Waals surface area contributed by atoms with Gasteiger partial charge in [-0.1, -0.05) is 0 Å². The molecule has 0 aromatic heterocycles. The zero-order chi connectivity index (χ0) is 18.1. The standard InChI is InChI=1S/C15H25NO8/c1-14(2)21-7-8(16-12(18)13(19)20-5)10(23-14)11-9(6-17)22-15(3,4)24-11/h8-11,17H,6-7H2,1-5H3,(H,16,18)/t8-,9-,10-,11-/m1/s1. The number of ether oxygens (including phenoxy) is 5. The molecule has 0 aromatic rings. The molecular formula is C15H25NO8. The van der Waals surface area contributed by atoms with E-state index in [1.165, 1.54) is 0 Å². The van der Waals surface area contributed by atoms with Crippen molar-refractivity contribution in [3.8, 4) is 0 Å². The van der Waals surface area contributed by atoms with Crippen LogP contribution < -0.4 is 5.32 Å². The molecule has 24 heavy (non-hydrogen) atoms. The van der Waals surface area contributed by atoms with Crippen LogP contribution in [0.2, 0.25) is 0 Å². The number of esters is 1. The van der Waals surface area contributed by atoms with Crippen molar-refractivity contribution in [1.29, 1.82) is 0 Å². The van der Waals surface area contributed by atoms with Gasteiger partial charge in [0, 0.05) is 0 Å². The van der Waals surface area contributed by atoms with Crippen LogP contribution in [0.5, 0.6) is 0 Å². The van der Waals surface area contributed by atoms with Crippen molar-refractivity contribution < 1.29 is 38.4 Å². The Hall–Kier alpha value is -1.26. The first-order valence-electron chi connectivity index (χ1n) is 7.75. The number of methoxy groups -OCH3 is 1. The predicted octanol–water partition coefficient (Wildman–Crippen LogP) is -0.692. The summed E-state index contributed by atoms with van der Waals surface area (Å²) in [6.07, 6.45) is -1.95. The highest BCUT2D eigenvalue weighted by Gasteiger charge is 2.51. The number of hydrogen-bond donors (Lipinski definition) is 2. The molecule has 9 nitrogen and oxygen atoms in total. The minimum Gasteiger partial charge on any atom is -0.462 e. The van der Waals surface area contributed by atoms with E-state index in [0.717, 1.165) is 7.11 Å². The van der Waals surface area contributed by atoms with Crippen LogP contribution in [0.4, 0.5) is 0 Å². The maximum Gasteiger partial charge on any atom is 0.396 e. The lowest BCUT2D eigenvalue weighted by molar-refractivity contribution is -0.302. The monoisotopic (exact) mass is 347 g/mol. The number of rotatable bonds is 3. The van der Waals surface area contributed by atoms with Crippen LogP contribution in [-0.2, 0) is 33.3 Å². The third kappa shape index (κ3) is 4.22. The summed E-state index contributed by atoms with van der Waals surface area (Å²) in [6, 6.07) is -0.666. The quantitative estimate of drug-likeness (QED) is 0.509. The second kappa shape index (κ2) is 6.93. The Balaban J connectivity index is 2.20. The van der Waals surface area contributed by atoms with Crippen LogP contribution in [0.25, 0.3) is 0 Å². The second-order valence-electron chi connectivity index (χ2n) is 6.69. The summed E-state index contributed by atoms with van der Waals surface area (Å²) in [6.45, 7) is 6.75. The van der Waals surface area contributed by atoms with Gasteiger partial charge in [0.25, 0.3) is 0 Å². The number of carbonyl (C=O) groups is 2. The van der Waals surface area contributed by atoms with Gasteiger partial charge >= 0.3 is 11.9 Å². The summed E-state index contributed by atoms with van der Waals surface area (Å²) < 4.78 is 27.4. The maximum atomic E-state index is 11.8. The molecule has 2 N–H and O–H groups in total. The molecule has 2 heterocycles. The van der Waals surface area contributed by atoms with Crippen molar-refractivity contribution in [2.45, 2.75) is 63.6 Å². The summed E-state index contributed by atoms with van der Waals surface area (Å²) >= 11 is 0. The van der Waals surface area contributed by atoms with E-state index >= 15 is 0 Å². The normalized spacial score (nSPS) is 34.6. The van der Waals surface area contributed by atoms with E-state index in [1.54, 1.807) is 27.7 Å². The van der Waals surface area contributed by atoms with E-state index < -0.39 is 47.8 Å². The average molecular weight is 347 g/mol. The zero-order valence-corrected chi connectivity index (χ0v) is 14.5. The number of amides is 1. The molecule has 0 aliphatic carbocycles. The highest BCUT2D eigenvalue weighted by Crippen LogP contribution is 2.35. The lowest BCUT2D eigenvalue weighted by Crippen LogP contribution is -2.62. The molecule has 0 saturated carbocycles. The van der Waals surface area contributed by atoms with Gasteiger partial charge in [-0.3, -0.25) is 4.79 Å². The van der Waals surface area contributed by atoms with E-state index in [2.05, 4.69) is 10.1 Å². The molecule has 9 heteroatoms. The van der Waals surface area contributed by atoms with Crippen molar-refractivity contribution >= 4 is 11.9 Å². The molecule has 0 radical (unpaired) electrons. The number of hydrogen-bond acceptors (Lipinski definition) is 8. The molecule has 2 aliphatic rings. The van der Waals surface area contributed by atoms with Gasteiger partial charge < -0.3 is 34.1 Å². The molecule has 4 atom stereocenters. The predicted molar refractivity (Wildman–Crippen MR) is 79.8 cm³/mol. The van der Waals surface area contributed by atoms with Gasteiger partial charge in [-0.25, -0.2) is 4.79 Å². The van der Waals surface area contributed by atoms with Crippen molar-refractivity contribution in [3.63, 3.8) is 0 Å². The van der Waals surface area contributed by atoms with E-state index in [1.807, 2.05) is 0 Å². The van der Waals surface area contributed by atoms with Gasteiger partial charge in [0.2, 0.25) is 0 Å². The zero-order valence-electron chi connectivity index (χ0n) is 14.5. The minimum atomic E-state index is -1.01. The van der Waals surface area contributed by atoms with E-state index in [9.17, 15) is 14.7 Å². The Kier molecular flexibility index (Phi) is 5.50. The smallest absolute Gasteiger partial charge is 0.396 e. The van der Waals surface area contributed by atoms with Crippen LogP contribution in [-0.4, -0.2) is 73.2 Å². The fourth-order valence-electron chi connectivity index (χ4n) is 2.85. The molecule has 2 rings (SSSR count). The average Bonchev–Trinajstić information content (AvgIpc) is 2.82. The first-order chi connectivity index (χ1) is 11.1. The number of carbonyl (C=O) groups excluding carboxylic acids is 2. The Labute approximate surface area is 140 Å². The largest absolute Gasteiger partial charge is 0.462 e. The summed E-state index contributed by atoms with van der Waals surface area (Å²) in [4.78, 5) is 23.2. The lowest BCUT2D eigenvalue weighted by Gasteiger charge is -2.43. The molecular weight excluding hydrogens is 322 g/mol. The van der Waals surface area contributed by atoms with Gasteiger partial charge in [-0.05, 0) is 27.7 Å². The van der Waals surface area contributed by atoms with Crippen LogP contribution in [0.3, 0.4) is 0 Å². The van der Waals surface area contributed by atoms with Crippen molar-refractivity contribution in [2.24, 2.45) is 0 Å². The topological polar surface area (TPSA) is 113 Å². The van der Waals surface area contributed by atoms with Crippen LogP contribution in [0, 0.1) is 0 Å². The molecule has 138 valence electrons. The molecule has 2 saturated heterocycles. The fraction of sp³-hybridized carbons (Fsp3) is 0.867. The first kappa shape index (κ1) is 19.1. The Morgan fingerprint density at radius 2 is 1.75 bits per heavy atom. The third-order valence-electron chi connectivity index (χ3n) is 3.84. The van der Waals surface area contributed by atoms with Gasteiger partial charge in [0.05, 0.1) is 26.4 Å². The van der Waals surface area contributed by atoms with Gasteiger partial charge in [0.1, 0.15) is 18.3 Å². The summed E-state index contributed by atoms with van der Waals surface area (Å²) in [7, 11) is 1.12. The molecule has 0 aromatic carbocycles. The highest BCUT2D eigenvalue weighted by atomic mass is 16.8. The Bertz CT molecular complexity index is 492. The van der Waals surface area contributed by atoms with E-state index in [4.69, 9.17) is 18.9 Å². The summed E-state index contributed by atoms with van der Waals surface area (Å²) in [5, 5.41) is 12.1. The number of aliphatic hydroxyl groups is 1. The van der Waals surface area contributed by atoms with Crippen LogP contribution in [0.1, 0.15) is 27.7 Å². The number of aliphatic hydroxyl groups excluding tert-OH is 1. The van der Waals surface area contributed by atoms with Crippen LogP contribution in [0.15, 0.2) is 0 Å². The maximum absolute atomic E-state index is 11.8. The molecule has 2 aliphatic heterocycles. The summed E-state index contributed by atoms with van der Waals surface area (Å²) in [5.41, 5.74) is 0. The highest BCUT2D eigenvalue weighted by molar-refractivity contribution is 6.32. The van der Waals surface area contributed by atoms with Gasteiger partial charge in [0.15, 0.2) is 11.6 Å². The first-order valence-corrected chi connectivity index (χ1v) is 7.75. The minimum absolute atomic E-state index is 0.110. The molecule has 1 amide bonds.